The van der Waals surface area contributed by atoms with Crippen molar-refractivity contribution in [2.75, 3.05) is 13.1 Å². The van der Waals surface area contributed by atoms with Gasteiger partial charge in [0.1, 0.15) is 5.41 Å². The number of carboxylic acid groups (broad SMARTS) is 1. The zero-order valence-electron chi connectivity index (χ0n) is 10.6. The molecule has 0 bridgehead atoms. The molecule has 0 aromatic carbocycles. The van der Waals surface area contributed by atoms with Gasteiger partial charge in [-0.2, -0.15) is 0 Å². The lowest BCUT2D eigenvalue weighted by Gasteiger charge is -2.38. The summed E-state index contributed by atoms with van der Waals surface area (Å²) < 4.78 is 0. The van der Waals surface area contributed by atoms with Crippen LogP contribution in [0.4, 0.5) is 0 Å². The highest BCUT2D eigenvalue weighted by Gasteiger charge is 2.53. The molecule has 1 atom stereocenters. The number of rotatable bonds is 3. The minimum absolute atomic E-state index is 0.139. The van der Waals surface area contributed by atoms with Crippen molar-refractivity contribution in [3.63, 3.8) is 0 Å². The lowest BCUT2D eigenvalue weighted by atomic mass is 9.68. The number of amides is 1. The molecule has 2 aliphatic rings. The van der Waals surface area contributed by atoms with Crippen molar-refractivity contribution in [2.24, 2.45) is 17.3 Å². The van der Waals surface area contributed by atoms with Gasteiger partial charge in [0, 0.05) is 13.1 Å². The van der Waals surface area contributed by atoms with Gasteiger partial charge in [-0.1, -0.05) is 20.3 Å². The maximum Gasteiger partial charge on any atom is 0.319 e. The molecule has 4 heteroatoms. The van der Waals surface area contributed by atoms with Gasteiger partial charge in [-0.25, -0.2) is 0 Å². The first-order chi connectivity index (χ1) is 7.97. The number of likely N-dealkylation sites (tertiary alicyclic amines) is 1. The van der Waals surface area contributed by atoms with Crippen LogP contribution in [0.2, 0.25) is 0 Å². The van der Waals surface area contributed by atoms with E-state index in [1.807, 2.05) is 0 Å². The first kappa shape index (κ1) is 12.4. The number of aliphatic carboxylic acids is 1. The molecule has 4 nitrogen and oxygen atoms in total. The van der Waals surface area contributed by atoms with Crippen molar-refractivity contribution in [1.29, 1.82) is 0 Å². The summed E-state index contributed by atoms with van der Waals surface area (Å²) in [5.74, 6) is 0.0287. The van der Waals surface area contributed by atoms with E-state index in [1.54, 1.807) is 4.90 Å². The molecule has 0 aromatic rings. The quantitative estimate of drug-likeness (QED) is 0.763. The SMILES string of the molecule is CC(C)C1CCN(C(=O)C2(C(=O)O)CCC2)C1. The van der Waals surface area contributed by atoms with E-state index in [1.165, 1.54) is 0 Å². The summed E-state index contributed by atoms with van der Waals surface area (Å²) in [7, 11) is 0. The van der Waals surface area contributed by atoms with E-state index in [9.17, 15) is 14.7 Å². The van der Waals surface area contributed by atoms with E-state index in [4.69, 9.17) is 0 Å². The molecular formula is C13H21NO3. The van der Waals surface area contributed by atoms with Gasteiger partial charge in [0.05, 0.1) is 0 Å². The summed E-state index contributed by atoms with van der Waals surface area (Å²) in [6.07, 6.45) is 2.91. The van der Waals surface area contributed by atoms with Crippen LogP contribution in [-0.2, 0) is 9.59 Å². The van der Waals surface area contributed by atoms with Crippen molar-refractivity contribution in [3.05, 3.63) is 0 Å². The molecule has 1 aliphatic heterocycles. The zero-order valence-corrected chi connectivity index (χ0v) is 10.6. The molecule has 1 N–H and O–H groups in total. The molecule has 2 rings (SSSR count). The molecule has 2 fully saturated rings. The van der Waals surface area contributed by atoms with Crippen molar-refractivity contribution in [2.45, 2.75) is 39.5 Å². The van der Waals surface area contributed by atoms with Crippen LogP contribution in [0, 0.1) is 17.3 Å². The first-order valence-corrected chi connectivity index (χ1v) is 6.50. The molecule has 96 valence electrons. The van der Waals surface area contributed by atoms with Crippen molar-refractivity contribution < 1.29 is 14.7 Å². The molecule has 0 aromatic heterocycles. The van der Waals surface area contributed by atoms with Gasteiger partial charge in [0.2, 0.25) is 5.91 Å². The van der Waals surface area contributed by atoms with Crippen LogP contribution in [0.15, 0.2) is 0 Å². The van der Waals surface area contributed by atoms with E-state index in [0.717, 1.165) is 25.9 Å². The van der Waals surface area contributed by atoms with Crippen LogP contribution in [-0.4, -0.2) is 35.0 Å². The number of carboxylic acids is 1. The minimum Gasteiger partial charge on any atom is -0.480 e. The second-order valence-corrected chi connectivity index (χ2v) is 5.78. The highest BCUT2D eigenvalue weighted by Crippen LogP contribution is 2.43. The molecule has 1 aliphatic carbocycles. The molecule has 1 amide bonds. The van der Waals surface area contributed by atoms with Gasteiger partial charge in [-0.15, -0.1) is 0 Å². The van der Waals surface area contributed by atoms with Crippen LogP contribution < -0.4 is 0 Å². The fraction of sp³-hybridized carbons (Fsp3) is 0.846. The lowest BCUT2D eigenvalue weighted by molar-refractivity contribution is -0.167. The second kappa shape index (κ2) is 4.31. The molecule has 1 unspecified atom stereocenters. The third-order valence-electron chi connectivity index (χ3n) is 4.48. The van der Waals surface area contributed by atoms with Gasteiger partial charge in [0.25, 0.3) is 0 Å². The molecule has 1 heterocycles. The number of hydrogen-bond acceptors (Lipinski definition) is 2. The third-order valence-corrected chi connectivity index (χ3v) is 4.48. The van der Waals surface area contributed by atoms with Crippen LogP contribution >= 0.6 is 0 Å². The normalized spacial score (nSPS) is 27.0. The van der Waals surface area contributed by atoms with E-state index < -0.39 is 11.4 Å². The van der Waals surface area contributed by atoms with Gasteiger partial charge in [-0.3, -0.25) is 9.59 Å². The highest BCUT2D eigenvalue weighted by molar-refractivity contribution is 6.02. The predicted octanol–water partition coefficient (Wildman–Crippen LogP) is 1.75. The van der Waals surface area contributed by atoms with E-state index in [2.05, 4.69) is 13.8 Å². The summed E-state index contributed by atoms with van der Waals surface area (Å²) in [4.78, 5) is 25.3. The fourth-order valence-electron chi connectivity index (χ4n) is 2.87. The number of carbonyl (C=O) groups excluding carboxylic acids is 1. The summed E-state index contributed by atoms with van der Waals surface area (Å²) in [6.45, 7) is 5.80. The van der Waals surface area contributed by atoms with E-state index >= 15 is 0 Å². The molecule has 0 spiro atoms. The van der Waals surface area contributed by atoms with Crippen LogP contribution in [0.5, 0.6) is 0 Å². The number of hydrogen-bond donors (Lipinski definition) is 1. The van der Waals surface area contributed by atoms with Gasteiger partial charge in [-0.05, 0) is 31.1 Å². The van der Waals surface area contributed by atoms with Crippen molar-refractivity contribution >= 4 is 11.9 Å². The zero-order chi connectivity index (χ0) is 12.6. The van der Waals surface area contributed by atoms with Gasteiger partial charge < -0.3 is 10.0 Å². The van der Waals surface area contributed by atoms with Crippen molar-refractivity contribution in [1.82, 2.24) is 4.90 Å². The van der Waals surface area contributed by atoms with Crippen LogP contribution in [0.3, 0.4) is 0 Å². The highest BCUT2D eigenvalue weighted by atomic mass is 16.4. The maximum atomic E-state index is 12.3. The summed E-state index contributed by atoms with van der Waals surface area (Å²) in [6, 6.07) is 0. The maximum absolute atomic E-state index is 12.3. The Morgan fingerprint density at radius 1 is 1.35 bits per heavy atom. The number of carbonyl (C=O) groups is 2. The summed E-state index contributed by atoms with van der Waals surface area (Å²) in [5, 5.41) is 9.24. The molecule has 0 radical (unpaired) electrons. The monoisotopic (exact) mass is 239 g/mol. The molecule has 17 heavy (non-hydrogen) atoms. The predicted molar refractivity (Wildman–Crippen MR) is 63.4 cm³/mol. The lowest BCUT2D eigenvalue weighted by Crippen LogP contribution is -2.52. The Balaban J connectivity index is 2.04. The Hall–Kier alpha value is -1.06. The van der Waals surface area contributed by atoms with Gasteiger partial charge in [0.15, 0.2) is 0 Å². The Bertz CT molecular complexity index is 334. The topological polar surface area (TPSA) is 57.6 Å². The first-order valence-electron chi connectivity index (χ1n) is 6.50. The Morgan fingerprint density at radius 3 is 2.35 bits per heavy atom. The van der Waals surface area contributed by atoms with E-state index in [-0.39, 0.29) is 5.91 Å². The van der Waals surface area contributed by atoms with E-state index in [0.29, 0.717) is 24.7 Å². The third kappa shape index (κ3) is 1.94. The minimum atomic E-state index is -1.08. The number of nitrogens with zero attached hydrogens (tertiary/aromatic N) is 1. The fourth-order valence-corrected chi connectivity index (χ4v) is 2.87. The summed E-state index contributed by atoms with van der Waals surface area (Å²) in [5.41, 5.74) is -1.08. The molecular weight excluding hydrogens is 218 g/mol. The Kier molecular flexibility index (Phi) is 3.15. The van der Waals surface area contributed by atoms with Crippen molar-refractivity contribution in [3.8, 4) is 0 Å². The molecule has 1 saturated carbocycles. The smallest absolute Gasteiger partial charge is 0.319 e. The van der Waals surface area contributed by atoms with Crippen LogP contribution in [0.1, 0.15) is 39.5 Å². The Morgan fingerprint density at radius 2 is 2.00 bits per heavy atom. The average Bonchev–Trinajstić information content (AvgIpc) is 2.63. The second-order valence-electron chi connectivity index (χ2n) is 5.78. The Labute approximate surface area is 102 Å². The largest absolute Gasteiger partial charge is 0.480 e. The standard InChI is InChI=1S/C13H21NO3/c1-9(2)10-4-7-14(8-10)11(15)13(12(16)17)5-3-6-13/h9-10H,3-8H2,1-2H3,(H,16,17). The average molecular weight is 239 g/mol. The summed E-state index contributed by atoms with van der Waals surface area (Å²) >= 11 is 0. The van der Waals surface area contributed by atoms with Gasteiger partial charge >= 0.3 is 5.97 Å². The molecule has 1 saturated heterocycles. The van der Waals surface area contributed by atoms with Crippen LogP contribution in [0.25, 0.3) is 0 Å².